The van der Waals surface area contributed by atoms with Crippen molar-refractivity contribution in [1.82, 2.24) is 5.27 Å². The second-order valence-electron chi connectivity index (χ2n) is 4.75. The summed E-state index contributed by atoms with van der Waals surface area (Å²) >= 11 is 0. The first-order chi connectivity index (χ1) is 9.72. The summed E-state index contributed by atoms with van der Waals surface area (Å²) in [6.45, 7) is 0.486. The van der Waals surface area contributed by atoms with Gasteiger partial charge >= 0.3 is 5.63 Å². The van der Waals surface area contributed by atoms with Gasteiger partial charge in [0.05, 0.1) is 6.10 Å². The minimum atomic E-state index is -0.578. The van der Waals surface area contributed by atoms with E-state index in [0.717, 1.165) is 16.3 Å². The summed E-state index contributed by atoms with van der Waals surface area (Å²) in [4.78, 5) is 10.9. The van der Waals surface area contributed by atoms with Crippen LogP contribution >= 0.6 is 0 Å². The summed E-state index contributed by atoms with van der Waals surface area (Å²) in [5.74, 6) is 0. The second kappa shape index (κ2) is 5.30. The van der Waals surface area contributed by atoms with E-state index in [0.29, 0.717) is 13.0 Å². The molecule has 1 unspecified atom stereocenters. The molecule has 3 rings (SSSR count). The highest BCUT2D eigenvalue weighted by atomic mass is 16.5. The molecule has 1 heterocycles. The Balaban J connectivity index is 1.74. The lowest BCUT2D eigenvalue weighted by Crippen LogP contribution is -2.36. The fraction of sp³-hybridized carbons (Fsp3) is 0.200. The van der Waals surface area contributed by atoms with Crippen molar-refractivity contribution in [2.75, 3.05) is 0 Å². The monoisotopic (exact) mass is 271 g/mol. The number of hydrogen-bond acceptors (Lipinski definition) is 3. The van der Waals surface area contributed by atoms with Gasteiger partial charge in [-0.25, -0.2) is 4.79 Å². The smallest absolute Gasteiger partial charge is 0.388 e. The van der Waals surface area contributed by atoms with Gasteiger partial charge in [0.1, 0.15) is 0 Å². The van der Waals surface area contributed by atoms with Crippen LogP contribution in [0.1, 0.15) is 18.1 Å². The first-order valence-corrected chi connectivity index (χ1v) is 6.47. The highest BCUT2D eigenvalue weighted by Gasteiger charge is 2.13. The van der Waals surface area contributed by atoms with E-state index < -0.39 is 11.7 Å². The number of aromatic nitrogens is 2. The summed E-state index contributed by atoms with van der Waals surface area (Å²) in [6.07, 6.45) is 1.25. The fourth-order valence-electron chi connectivity index (χ4n) is 2.24. The van der Waals surface area contributed by atoms with Crippen LogP contribution in [0.15, 0.2) is 58.0 Å². The molecule has 102 valence electrons. The van der Waals surface area contributed by atoms with E-state index in [2.05, 4.69) is 9.79 Å². The van der Waals surface area contributed by atoms with Crippen molar-refractivity contribution in [3.63, 3.8) is 0 Å². The number of aliphatic hydroxyl groups excluding tert-OH is 1. The minimum absolute atomic E-state index is 0.426. The van der Waals surface area contributed by atoms with Gasteiger partial charge in [-0.1, -0.05) is 41.1 Å². The number of benzene rings is 2. The fourth-order valence-corrected chi connectivity index (χ4v) is 2.24. The molecule has 5 nitrogen and oxygen atoms in total. The molecule has 0 aliphatic carbocycles. The summed E-state index contributed by atoms with van der Waals surface area (Å²) in [6, 6.07) is 13.9. The van der Waals surface area contributed by atoms with Crippen LogP contribution in [0.4, 0.5) is 0 Å². The Morgan fingerprint density at radius 1 is 1.20 bits per heavy atom. The van der Waals surface area contributed by atoms with Crippen LogP contribution in [0.3, 0.4) is 0 Å². The quantitative estimate of drug-likeness (QED) is 0.707. The Morgan fingerprint density at radius 3 is 2.75 bits per heavy atom. The third-order valence-corrected chi connectivity index (χ3v) is 3.33. The summed E-state index contributed by atoms with van der Waals surface area (Å²) in [5, 5.41) is 14.9. The lowest BCUT2D eigenvalue weighted by atomic mass is 10.0. The molecule has 0 spiro atoms. The lowest BCUT2D eigenvalue weighted by molar-refractivity contribution is -0.763. The Morgan fingerprint density at radius 2 is 2.00 bits per heavy atom. The molecule has 5 heteroatoms. The van der Waals surface area contributed by atoms with Gasteiger partial charge in [-0.15, -0.1) is 0 Å². The summed E-state index contributed by atoms with van der Waals surface area (Å²) in [7, 11) is 0. The molecule has 0 aliphatic rings. The molecule has 0 bridgehead atoms. The van der Waals surface area contributed by atoms with Gasteiger partial charge in [-0.2, -0.15) is 0 Å². The predicted octanol–water partition coefficient (Wildman–Crippen LogP) is 1.53. The maximum Gasteiger partial charge on any atom is 0.426 e. The largest absolute Gasteiger partial charge is 0.426 e. The van der Waals surface area contributed by atoms with Crippen LogP contribution in [-0.4, -0.2) is 10.4 Å². The Labute approximate surface area is 115 Å². The summed E-state index contributed by atoms with van der Waals surface area (Å²) < 4.78 is 6.08. The van der Waals surface area contributed by atoms with Crippen molar-refractivity contribution in [3.8, 4) is 0 Å². The molecule has 1 aromatic heterocycles. The standard InChI is InChI=1S/C15H14N2O3/c18-14(7-8-17-10-15(19)20-16-17)13-6-5-11-3-1-2-4-12(11)9-13/h1-6,9-10,14,18H,7-8H2/p+1. The molecule has 0 radical (unpaired) electrons. The molecule has 0 fully saturated rings. The number of fused-ring (bicyclic) bond motifs is 1. The average Bonchev–Trinajstić information content (AvgIpc) is 2.90. The van der Waals surface area contributed by atoms with Gasteiger partial charge in [0.2, 0.25) is 0 Å². The number of nitrogens with zero attached hydrogens (tertiary/aromatic N) is 1. The number of rotatable bonds is 4. The number of aryl methyl sites for hydroxylation is 1. The Bertz CT molecular complexity index is 776. The maximum atomic E-state index is 10.9. The maximum absolute atomic E-state index is 10.9. The third-order valence-electron chi connectivity index (χ3n) is 3.33. The SMILES string of the molecule is O=c1c[n+](CCC(O)c2ccc3ccccc3c2)[nH]o1. The molecule has 0 aliphatic heterocycles. The van der Waals surface area contributed by atoms with Gasteiger partial charge in [0.25, 0.3) is 6.20 Å². The van der Waals surface area contributed by atoms with Crippen molar-refractivity contribution in [2.24, 2.45) is 0 Å². The van der Waals surface area contributed by atoms with Crippen LogP contribution in [0.2, 0.25) is 0 Å². The van der Waals surface area contributed by atoms with Gasteiger partial charge in [0.15, 0.2) is 6.54 Å². The van der Waals surface area contributed by atoms with E-state index in [1.165, 1.54) is 10.9 Å². The van der Waals surface area contributed by atoms with E-state index in [9.17, 15) is 9.90 Å². The molecule has 0 saturated heterocycles. The van der Waals surface area contributed by atoms with E-state index in [-0.39, 0.29) is 0 Å². The van der Waals surface area contributed by atoms with Gasteiger partial charge in [0, 0.05) is 6.42 Å². The average molecular weight is 271 g/mol. The first-order valence-electron chi connectivity index (χ1n) is 6.47. The molecule has 1 atom stereocenters. The van der Waals surface area contributed by atoms with Crippen LogP contribution in [0, 0.1) is 0 Å². The zero-order chi connectivity index (χ0) is 13.9. The van der Waals surface area contributed by atoms with E-state index >= 15 is 0 Å². The molecular formula is C15H15N2O3+. The molecule has 0 amide bonds. The predicted molar refractivity (Wildman–Crippen MR) is 73.0 cm³/mol. The highest BCUT2D eigenvalue weighted by Crippen LogP contribution is 2.22. The van der Waals surface area contributed by atoms with Crippen LogP contribution in [0.5, 0.6) is 0 Å². The normalized spacial score (nSPS) is 12.7. The Hall–Kier alpha value is -2.40. The minimum Gasteiger partial charge on any atom is -0.388 e. The van der Waals surface area contributed by atoms with Crippen LogP contribution in [0.25, 0.3) is 10.8 Å². The van der Waals surface area contributed by atoms with E-state index in [4.69, 9.17) is 0 Å². The topological polar surface area (TPSA) is 70.1 Å². The van der Waals surface area contributed by atoms with Crippen molar-refractivity contribution >= 4 is 10.8 Å². The zero-order valence-corrected chi connectivity index (χ0v) is 10.8. The van der Waals surface area contributed by atoms with Crippen LogP contribution in [-0.2, 0) is 6.54 Å². The van der Waals surface area contributed by atoms with Gasteiger partial charge < -0.3 is 5.11 Å². The van der Waals surface area contributed by atoms with Gasteiger partial charge in [-0.05, 0) is 27.7 Å². The number of H-pyrrole nitrogens is 1. The molecule has 0 saturated carbocycles. The number of aromatic amines is 1. The molecule has 2 aromatic carbocycles. The zero-order valence-electron chi connectivity index (χ0n) is 10.8. The van der Waals surface area contributed by atoms with Crippen molar-refractivity contribution < 1.29 is 14.3 Å². The van der Waals surface area contributed by atoms with E-state index in [1.54, 1.807) is 0 Å². The summed E-state index contributed by atoms with van der Waals surface area (Å²) in [5.41, 5.74) is 0.445. The molecule has 20 heavy (non-hydrogen) atoms. The molecule has 2 N–H and O–H groups in total. The molecule has 3 aromatic rings. The van der Waals surface area contributed by atoms with Crippen molar-refractivity contribution in [1.29, 1.82) is 0 Å². The van der Waals surface area contributed by atoms with Gasteiger partial charge in [-0.3, -0.25) is 4.52 Å². The highest BCUT2D eigenvalue weighted by molar-refractivity contribution is 5.83. The lowest BCUT2D eigenvalue weighted by Gasteiger charge is -2.09. The first kappa shape index (κ1) is 12.6. The second-order valence-corrected chi connectivity index (χ2v) is 4.75. The number of nitrogens with one attached hydrogen (secondary N) is 1. The van der Waals surface area contributed by atoms with Crippen molar-refractivity contribution in [3.05, 3.63) is 64.6 Å². The number of hydrogen-bond donors (Lipinski definition) is 2. The van der Waals surface area contributed by atoms with Crippen molar-refractivity contribution in [2.45, 2.75) is 19.1 Å². The van der Waals surface area contributed by atoms with Crippen LogP contribution < -0.4 is 10.3 Å². The third kappa shape index (κ3) is 2.62. The number of aliphatic hydroxyl groups is 1. The molecular weight excluding hydrogens is 256 g/mol. The van der Waals surface area contributed by atoms with E-state index in [1.807, 2.05) is 42.5 Å². The Kier molecular flexibility index (Phi) is 3.35.